The monoisotopic (exact) mass is 273 g/mol. The van der Waals surface area contributed by atoms with Crippen molar-refractivity contribution in [3.63, 3.8) is 0 Å². The molecule has 0 bridgehead atoms. The van der Waals surface area contributed by atoms with Gasteiger partial charge in [-0.1, -0.05) is 0 Å². The first-order valence-corrected chi connectivity index (χ1v) is 7.46. The van der Waals surface area contributed by atoms with Gasteiger partial charge in [0.15, 0.2) is 0 Å². The molecule has 3 rings (SSSR count). The molecule has 0 aliphatic carbocycles. The zero-order chi connectivity index (χ0) is 13.9. The SMILES string of the molecule is N#Cc1cc(F)ccc1N1CCC(C2CCCN2)CC1. The van der Waals surface area contributed by atoms with E-state index >= 15 is 0 Å². The lowest BCUT2D eigenvalue weighted by Gasteiger charge is -2.36. The molecule has 2 saturated heterocycles. The minimum absolute atomic E-state index is 0.338. The molecule has 2 aliphatic heterocycles. The van der Waals surface area contributed by atoms with Crippen molar-refractivity contribution in [2.75, 3.05) is 24.5 Å². The average molecular weight is 273 g/mol. The van der Waals surface area contributed by atoms with Gasteiger partial charge in [-0.25, -0.2) is 4.39 Å². The fourth-order valence-electron chi connectivity index (χ4n) is 3.53. The summed E-state index contributed by atoms with van der Waals surface area (Å²) >= 11 is 0. The van der Waals surface area contributed by atoms with Gasteiger partial charge in [0.1, 0.15) is 11.9 Å². The van der Waals surface area contributed by atoms with Crippen LogP contribution in [-0.2, 0) is 0 Å². The number of benzene rings is 1. The summed E-state index contributed by atoms with van der Waals surface area (Å²) in [6.45, 7) is 3.08. The van der Waals surface area contributed by atoms with Crippen LogP contribution in [0.2, 0.25) is 0 Å². The van der Waals surface area contributed by atoms with Crippen LogP contribution in [0.15, 0.2) is 18.2 Å². The van der Waals surface area contributed by atoms with E-state index in [1.807, 2.05) is 0 Å². The molecule has 0 saturated carbocycles. The van der Waals surface area contributed by atoms with Crippen LogP contribution < -0.4 is 10.2 Å². The molecule has 3 nitrogen and oxygen atoms in total. The molecular weight excluding hydrogens is 253 g/mol. The summed E-state index contributed by atoms with van der Waals surface area (Å²) in [4.78, 5) is 2.23. The maximum atomic E-state index is 13.2. The molecule has 20 heavy (non-hydrogen) atoms. The lowest BCUT2D eigenvalue weighted by atomic mass is 9.88. The fraction of sp³-hybridized carbons (Fsp3) is 0.562. The van der Waals surface area contributed by atoms with Crippen LogP contribution in [0.3, 0.4) is 0 Å². The first-order valence-electron chi connectivity index (χ1n) is 7.46. The molecule has 1 atom stereocenters. The Morgan fingerprint density at radius 1 is 1.25 bits per heavy atom. The maximum absolute atomic E-state index is 13.2. The predicted octanol–water partition coefficient (Wildman–Crippen LogP) is 2.67. The van der Waals surface area contributed by atoms with Crippen LogP contribution in [0.4, 0.5) is 10.1 Å². The number of anilines is 1. The molecule has 2 fully saturated rings. The van der Waals surface area contributed by atoms with E-state index in [9.17, 15) is 4.39 Å². The van der Waals surface area contributed by atoms with E-state index < -0.39 is 0 Å². The predicted molar refractivity (Wildman–Crippen MR) is 77.1 cm³/mol. The highest BCUT2D eigenvalue weighted by Crippen LogP contribution is 2.30. The largest absolute Gasteiger partial charge is 0.370 e. The molecule has 0 aromatic heterocycles. The van der Waals surface area contributed by atoms with Crippen molar-refractivity contribution < 1.29 is 4.39 Å². The molecule has 0 amide bonds. The second-order valence-electron chi connectivity index (χ2n) is 5.80. The van der Waals surface area contributed by atoms with E-state index in [2.05, 4.69) is 16.3 Å². The van der Waals surface area contributed by atoms with Crippen LogP contribution in [0, 0.1) is 23.1 Å². The average Bonchev–Trinajstić information content (AvgIpc) is 3.01. The lowest BCUT2D eigenvalue weighted by molar-refractivity contribution is 0.319. The zero-order valence-electron chi connectivity index (χ0n) is 11.6. The summed E-state index contributed by atoms with van der Waals surface area (Å²) in [6, 6.07) is 7.30. The smallest absolute Gasteiger partial charge is 0.124 e. The number of nitriles is 1. The molecular formula is C16H20FN3. The first-order chi connectivity index (χ1) is 9.78. The van der Waals surface area contributed by atoms with Gasteiger partial charge in [-0.3, -0.25) is 0 Å². The number of hydrogen-bond acceptors (Lipinski definition) is 3. The topological polar surface area (TPSA) is 39.1 Å². The Morgan fingerprint density at radius 2 is 2.05 bits per heavy atom. The molecule has 0 spiro atoms. The zero-order valence-corrected chi connectivity index (χ0v) is 11.6. The lowest BCUT2D eigenvalue weighted by Crippen LogP contribution is -2.41. The van der Waals surface area contributed by atoms with Crippen molar-refractivity contribution in [3.8, 4) is 6.07 Å². The molecule has 1 unspecified atom stereocenters. The van der Waals surface area contributed by atoms with Gasteiger partial charge in [0.05, 0.1) is 11.3 Å². The molecule has 106 valence electrons. The molecule has 4 heteroatoms. The third-order valence-electron chi connectivity index (χ3n) is 4.63. The number of nitrogens with zero attached hydrogens (tertiary/aromatic N) is 2. The van der Waals surface area contributed by atoms with Gasteiger partial charge in [-0.05, 0) is 56.3 Å². The second kappa shape index (κ2) is 5.80. The summed E-state index contributed by atoms with van der Waals surface area (Å²) in [5.41, 5.74) is 1.33. The molecule has 2 heterocycles. The minimum Gasteiger partial charge on any atom is -0.370 e. The normalized spacial score (nSPS) is 23.8. The van der Waals surface area contributed by atoms with Gasteiger partial charge < -0.3 is 10.2 Å². The second-order valence-corrected chi connectivity index (χ2v) is 5.80. The Morgan fingerprint density at radius 3 is 2.70 bits per heavy atom. The number of halogens is 1. The van der Waals surface area contributed by atoms with Crippen molar-refractivity contribution in [3.05, 3.63) is 29.6 Å². The molecule has 1 aromatic carbocycles. The molecule has 0 radical (unpaired) electrons. The van der Waals surface area contributed by atoms with Gasteiger partial charge in [0, 0.05) is 19.1 Å². The number of nitrogens with one attached hydrogen (secondary N) is 1. The first kappa shape index (κ1) is 13.4. The highest BCUT2D eigenvalue weighted by atomic mass is 19.1. The highest BCUT2D eigenvalue weighted by Gasteiger charge is 2.28. The molecule has 1 N–H and O–H groups in total. The van der Waals surface area contributed by atoms with E-state index in [0.29, 0.717) is 11.6 Å². The summed E-state index contributed by atoms with van der Waals surface area (Å²) in [5, 5.41) is 12.7. The number of rotatable bonds is 2. The molecule has 2 aliphatic rings. The van der Waals surface area contributed by atoms with E-state index in [0.717, 1.165) is 44.1 Å². The number of hydrogen-bond donors (Lipinski definition) is 1. The minimum atomic E-state index is -0.338. The number of piperidine rings is 1. The summed E-state index contributed by atoms with van der Waals surface area (Å²) < 4.78 is 13.2. The van der Waals surface area contributed by atoms with Crippen LogP contribution in [0.1, 0.15) is 31.2 Å². The summed E-state index contributed by atoms with van der Waals surface area (Å²) in [5.74, 6) is 0.412. The van der Waals surface area contributed by atoms with Crippen molar-refractivity contribution in [1.82, 2.24) is 5.32 Å². The molecule has 1 aromatic rings. The van der Waals surface area contributed by atoms with Crippen molar-refractivity contribution in [2.24, 2.45) is 5.92 Å². The summed E-state index contributed by atoms with van der Waals surface area (Å²) in [6.07, 6.45) is 4.89. The van der Waals surface area contributed by atoms with Gasteiger partial charge >= 0.3 is 0 Å². The van der Waals surface area contributed by atoms with Crippen LogP contribution in [0.5, 0.6) is 0 Å². The Bertz CT molecular complexity index is 509. The van der Waals surface area contributed by atoms with E-state index in [1.54, 1.807) is 6.07 Å². The Hall–Kier alpha value is -1.60. The van der Waals surface area contributed by atoms with Crippen molar-refractivity contribution in [2.45, 2.75) is 31.7 Å². The third-order valence-corrected chi connectivity index (χ3v) is 4.63. The van der Waals surface area contributed by atoms with Gasteiger partial charge in [-0.2, -0.15) is 5.26 Å². The summed E-state index contributed by atoms with van der Waals surface area (Å²) in [7, 11) is 0. The fourth-order valence-corrected chi connectivity index (χ4v) is 3.53. The van der Waals surface area contributed by atoms with Gasteiger partial charge in [0.2, 0.25) is 0 Å². The van der Waals surface area contributed by atoms with Gasteiger partial charge in [-0.15, -0.1) is 0 Å². The Labute approximate surface area is 119 Å². The van der Waals surface area contributed by atoms with E-state index in [4.69, 9.17) is 5.26 Å². The Balaban J connectivity index is 1.67. The quantitative estimate of drug-likeness (QED) is 0.900. The van der Waals surface area contributed by atoms with Crippen LogP contribution >= 0.6 is 0 Å². The Kier molecular flexibility index (Phi) is 3.88. The highest BCUT2D eigenvalue weighted by molar-refractivity contribution is 5.59. The van der Waals surface area contributed by atoms with Crippen molar-refractivity contribution in [1.29, 1.82) is 5.26 Å². The van der Waals surface area contributed by atoms with Gasteiger partial charge in [0.25, 0.3) is 0 Å². The van der Waals surface area contributed by atoms with E-state index in [1.165, 1.54) is 25.0 Å². The van der Waals surface area contributed by atoms with Crippen LogP contribution in [-0.4, -0.2) is 25.7 Å². The van der Waals surface area contributed by atoms with Crippen LogP contribution in [0.25, 0.3) is 0 Å². The standard InChI is InChI=1S/C16H20FN3/c17-14-3-4-16(13(10-14)11-18)20-8-5-12(6-9-20)15-2-1-7-19-15/h3-4,10,12,15,19H,1-2,5-9H2. The van der Waals surface area contributed by atoms with Crippen molar-refractivity contribution >= 4 is 5.69 Å². The van der Waals surface area contributed by atoms with E-state index in [-0.39, 0.29) is 5.82 Å². The maximum Gasteiger partial charge on any atom is 0.124 e. The third kappa shape index (κ3) is 2.64.